The summed E-state index contributed by atoms with van der Waals surface area (Å²) < 4.78 is 42.7. The van der Waals surface area contributed by atoms with Crippen LogP contribution in [-0.4, -0.2) is 80.0 Å². The number of nitrogens with one attached hydrogen (secondary N) is 2. The Morgan fingerprint density at radius 2 is 0.926 bits per heavy atom. The summed E-state index contributed by atoms with van der Waals surface area (Å²) in [6.45, 7) is 91.4. The van der Waals surface area contributed by atoms with Gasteiger partial charge in [-0.15, -0.1) is 0 Å². The number of allylic oxidation sites excluding steroid dienone is 10. The van der Waals surface area contributed by atoms with Crippen molar-refractivity contribution >= 4 is 75.3 Å². The molecule has 0 radical (unpaired) electrons. The number of aromatic nitrogens is 9. The summed E-state index contributed by atoms with van der Waals surface area (Å²) in [6.07, 6.45) is 28.6. The number of hydrogen-bond donors (Lipinski definition) is 2. The summed E-state index contributed by atoms with van der Waals surface area (Å²) in [5.41, 5.74) is 15.9. The fourth-order valence-electron chi connectivity index (χ4n) is 9.44. The average Bonchev–Trinajstić information content (AvgIpc) is 1.68. The number of imidazole rings is 2. The van der Waals surface area contributed by atoms with Gasteiger partial charge in [-0.1, -0.05) is 301 Å². The highest BCUT2D eigenvalue weighted by molar-refractivity contribution is 7.10. The molecule has 0 saturated carbocycles. The lowest BCUT2D eigenvalue weighted by atomic mass is 9.84. The van der Waals surface area contributed by atoms with Gasteiger partial charge in [-0.3, -0.25) is 25.1 Å². The van der Waals surface area contributed by atoms with Gasteiger partial charge in [0.15, 0.2) is 0 Å². The number of halogens is 3. The smallest absolute Gasteiger partial charge is 0.269 e. The van der Waals surface area contributed by atoms with Crippen molar-refractivity contribution in [2.75, 3.05) is 13.1 Å². The van der Waals surface area contributed by atoms with Crippen molar-refractivity contribution in [3.63, 3.8) is 0 Å². The molecule has 6 aromatic heterocycles. The molecule has 10 heterocycles. The van der Waals surface area contributed by atoms with Crippen LogP contribution in [0.25, 0.3) is 18.2 Å². The van der Waals surface area contributed by atoms with Gasteiger partial charge in [0.2, 0.25) is 5.95 Å². The Balaban J connectivity index is 0.000000600. The van der Waals surface area contributed by atoms with E-state index in [0.717, 1.165) is 116 Å². The fourth-order valence-corrected chi connectivity index (χ4v) is 11.6. The third-order valence-electron chi connectivity index (χ3n) is 16.1. The first-order valence-corrected chi connectivity index (χ1v) is 39.1. The standard InChI is InChI=1S/C10H16N2.4C10H15N.2C9H14N2.3C7H10FNS/c1-6-9-11-7-8(12(9)5)10(2,3)4;2*1-5-9-8(6-7-11-9)10(2,3)4;2*1-5-8-6-7-9(11-8)10(2,3)4;1-5-8-10-6-7(11-8)9(2,3)4;1-5-7-6-8(11-10-7)9(2,3)4;1-7(2,3)5-4-10-6(8)9-5;1-7(2,3)5-4-9-6(8)10-5;1-7(2,3)5-4-6(8)9-10-5/h6-7H,1H2,2-5H3;2*5-6H,1,7H2,2-4H3;2*5,7H,1,6H2,2-4H3;2*5-6H,1H2,2-4H3,(H,10,11);3*4H,1-3H3. The van der Waals surface area contributed by atoms with E-state index in [1.165, 1.54) is 45.8 Å². The highest BCUT2D eigenvalue weighted by Crippen LogP contribution is 2.34. The maximum absolute atomic E-state index is 12.4. The number of aliphatic imine (C=N–C) groups is 4. The van der Waals surface area contributed by atoms with Gasteiger partial charge >= 0.3 is 0 Å². The lowest BCUT2D eigenvalue weighted by Crippen LogP contribution is -2.16. The first-order valence-electron chi connectivity index (χ1n) is 36.7. The molecule has 108 heavy (non-hydrogen) atoms. The largest absolute Gasteiger partial charge is 0.342 e. The summed E-state index contributed by atoms with van der Waals surface area (Å²) in [7, 11) is 2.02. The lowest BCUT2D eigenvalue weighted by molar-refractivity contribution is 0.499. The average molecular weight is 1540 g/mol. The van der Waals surface area contributed by atoms with Crippen molar-refractivity contribution in [2.45, 2.75) is 253 Å². The lowest BCUT2D eigenvalue weighted by Gasteiger charge is -2.20. The molecule has 4 aliphatic heterocycles. The first-order chi connectivity index (χ1) is 49.2. The van der Waals surface area contributed by atoms with E-state index in [-0.39, 0.29) is 70.6 Å². The highest BCUT2D eigenvalue weighted by atomic mass is 32.1. The van der Waals surface area contributed by atoms with E-state index in [1.54, 1.807) is 29.8 Å². The van der Waals surface area contributed by atoms with Gasteiger partial charge in [-0.2, -0.15) is 22.6 Å². The SMILES string of the molecule is C=CC1=NC(C(C)(C)C)=CC1.C=CC1=NC(C(C)(C)C)=CC1.C=CC1=NCC=C1C(C)(C)C.C=CC1=NCC=C1C(C)(C)C.C=Cc1cc(C(C)(C)C)[nH]n1.C=Cc1ncc(C(C)(C)C)[nH]1.C=Cc1ncc(C(C)(C)C)n1C.CC(C)(C)c1cc(F)ns1.CC(C)(C)c1cnc(F)s1.CC(C)(C)c1csc(F)n1. The molecule has 13 nitrogen and oxygen atoms in total. The van der Waals surface area contributed by atoms with E-state index in [2.05, 4.69) is 280 Å². The summed E-state index contributed by atoms with van der Waals surface area (Å²) >= 11 is 3.40. The molecular formula is C89H134F3N13S3. The Labute approximate surface area is 662 Å². The van der Waals surface area contributed by atoms with Gasteiger partial charge in [0.1, 0.15) is 11.6 Å². The number of nitrogens with zero attached hydrogens (tertiary/aromatic N) is 11. The zero-order valence-electron chi connectivity index (χ0n) is 71.9. The van der Waals surface area contributed by atoms with Crippen molar-refractivity contribution in [2.24, 2.45) is 48.7 Å². The van der Waals surface area contributed by atoms with Crippen LogP contribution < -0.4 is 0 Å². The molecule has 6 aromatic rings. The van der Waals surface area contributed by atoms with Crippen LogP contribution in [0.3, 0.4) is 0 Å². The topological polar surface area (TPSA) is 163 Å². The molecule has 0 saturated heterocycles. The van der Waals surface area contributed by atoms with Crippen LogP contribution in [0, 0.1) is 38.1 Å². The minimum atomic E-state index is -0.366. The second-order valence-corrected chi connectivity index (χ2v) is 38.9. The van der Waals surface area contributed by atoms with Gasteiger partial charge in [-0.25, -0.2) is 19.9 Å². The zero-order chi connectivity index (χ0) is 83.6. The van der Waals surface area contributed by atoms with Crippen LogP contribution in [-0.2, 0) is 39.5 Å². The van der Waals surface area contributed by atoms with Crippen molar-refractivity contribution in [3.8, 4) is 0 Å². The minimum absolute atomic E-state index is 0.0269. The van der Waals surface area contributed by atoms with Crippen molar-refractivity contribution in [3.05, 3.63) is 220 Å². The summed E-state index contributed by atoms with van der Waals surface area (Å²) in [4.78, 5) is 38.3. The second kappa shape index (κ2) is 41.8. The monoisotopic (exact) mass is 1540 g/mol. The number of H-pyrrole nitrogens is 2. The first kappa shape index (κ1) is 98.1. The summed E-state index contributed by atoms with van der Waals surface area (Å²) in [5.74, 6) is 1.41. The van der Waals surface area contributed by atoms with Crippen LogP contribution in [0.4, 0.5) is 13.2 Å². The number of thiazole rings is 2. The third-order valence-corrected chi connectivity index (χ3v) is 19.1. The third kappa shape index (κ3) is 35.2. The Hall–Kier alpha value is -7.87. The quantitative estimate of drug-likeness (QED) is 0.162. The van der Waals surface area contributed by atoms with E-state index < -0.39 is 0 Å². The predicted octanol–water partition coefficient (Wildman–Crippen LogP) is 25.9. The highest BCUT2D eigenvalue weighted by Gasteiger charge is 2.26. The molecule has 4 aliphatic rings. The molecular weight excluding hydrogens is 1400 g/mol. The summed E-state index contributed by atoms with van der Waals surface area (Å²) in [5, 5.41) is 8.11. The molecule has 0 fully saturated rings. The fraction of sp³-hybridized carbons (Fsp3) is 0.506. The van der Waals surface area contributed by atoms with Gasteiger partial charge < -0.3 is 9.55 Å². The van der Waals surface area contributed by atoms with E-state index >= 15 is 0 Å². The second-order valence-electron chi connectivity index (χ2n) is 36.3. The maximum Gasteiger partial charge on any atom is 0.269 e. The Morgan fingerprint density at radius 1 is 0.454 bits per heavy atom. The number of hydrogen-bond acceptors (Lipinski definition) is 13. The van der Waals surface area contributed by atoms with E-state index in [9.17, 15) is 13.2 Å². The van der Waals surface area contributed by atoms with Gasteiger partial charge in [0.25, 0.3) is 10.5 Å². The molecule has 0 atom stereocenters. The van der Waals surface area contributed by atoms with E-state index in [0.29, 0.717) is 0 Å². The molecule has 2 N–H and O–H groups in total. The van der Waals surface area contributed by atoms with Crippen LogP contribution >= 0.6 is 34.2 Å². The van der Waals surface area contributed by atoms with Crippen LogP contribution in [0.5, 0.6) is 0 Å². The van der Waals surface area contributed by atoms with Crippen LogP contribution in [0.1, 0.15) is 270 Å². The number of rotatable bonds is 7. The van der Waals surface area contributed by atoms with Crippen LogP contribution in [0.15, 0.2) is 173 Å². The van der Waals surface area contributed by atoms with E-state index in [1.807, 2.05) is 112 Å². The van der Waals surface area contributed by atoms with Gasteiger partial charge in [0.05, 0.1) is 35.9 Å². The number of aromatic amines is 2. The Bertz CT molecular complexity index is 3870. The van der Waals surface area contributed by atoms with E-state index in [4.69, 9.17) is 0 Å². The molecule has 0 aliphatic carbocycles. The van der Waals surface area contributed by atoms with Gasteiger partial charge in [0, 0.05) is 132 Å². The van der Waals surface area contributed by atoms with Crippen LogP contribution in [0.2, 0.25) is 0 Å². The summed E-state index contributed by atoms with van der Waals surface area (Å²) in [6, 6.07) is 3.51. The molecule has 19 heteroatoms. The van der Waals surface area contributed by atoms with Crippen molar-refractivity contribution in [1.29, 1.82) is 0 Å². The Morgan fingerprint density at radius 3 is 1.13 bits per heavy atom. The maximum atomic E-state index is 12.4. The molecule has 594 valence electrons. The Kier molecular flexibility index (Phi) is 38.0. The van der Waals surface area contributed by atoms with Gasteiger partial charge in [-0.05, 0) is 92.9 Å². The molecule has 0 unspecified atom stereocenters. The predicted molar refractivity (Wildman–Crippen MR) is 469 cm³/mol. The normalized spacial score (nSPS) is 14.2. The molecule has 0 aromatic carbocycles. The molecule has 10 rings (SSSR count). The van der Waals surface area contributed by atoms with Crippen molar-refractivity contribution < 1.29 is 13.2 Å². The molecule has 0 amide bonds. The van der Waals surface area contributed by atoms with Crippen molar-refractivity contribution in [1.82, 2.24) is 44.1 Å². The minimum Gasteiger partial charge on any atom is -0.342 e. The zero-order valence-corrected chi connectivity index (χ0v) is 74.3. The molecule has 0 bridgehead atoms. The molecule has 0 spiro atoms.